The average Bonchev–Trinajstić information content (AvgIpc) is 0.743. The van der Waals surface area contributed by atoms with E-state index in [1.807, 2.05) is 57.2 Å². The van der Waals surface area contributed by atoms with E-state index in [0.717, 1.165) is 22.9 Å². The van der Waals surface area contributed by atoms with Gasteiger partial charge in [0.2, 0.25) is 35.7 Å². The summed E-state index contributed by atoms with van der Waals surface area (Å²) >= 11 is 0. The maximum Gasteiger partial charge on any atom is 0.335 e. The van der Waals surface area contributed by atoms with Gasteiger partial charge < -0.3 is 68.8 Å². The molecule has 0 fully saturated rings. The number of nitrogens with two attached hydrogens (primary N) is 2. The van der Waals surface area contributed by atoms with Crippen molar-refractivity contribution in [1.29, 1.82) is 0 Å². The minimum Gasteiger partial charge on any atom is -0.478 e. The Labute approximate surface area is 531 Å². The molecule has 93 heavy (non-hydrogen) atoms. The molecule has 0 saturated carbocycles. The van der Waals surface area contributed by atoms with Gasteiger partial charge in [-0.15, -0.1) is 0 Å². The van der Waals surface area contributed by atoms with E-state index in [4.69, 9.17) is 20.9 Å². The highest BCUT2D eigenvalue weighted by Gasteiger charge is 2.28. The minimum atomic E-state index is -5.13. The molecule has 0 saturated heterocycles. The van der Waals surface area contributed by atoms with Crippen molar-refractivity contribution in [2.24, 2.45) is 4.99 Å². The lowest BCUT2D eigenvalue weighted by Gasteiger charge is -2.21. The number of rotatable bonds is 21. The molecule has 0 spiro atoms. The van der Waals surface area contributed by atoms with E-state index in [9.17, 15) is 45.4 Å². The van der Waals surface area contributed by atoms with Gasteiger partial charge in [-0.25, -0.2) is 19.4 Å². The van der Waals surface area contributed by atoms with E-state index < -0.39 is 48.1 Å². The molecule has 10 rings (SSSR count). The zero-order valence-corrected chi connectivity index (χ0v) is 52.2. The fraction of sp³-hybridized carbons (Fsp3) is 0.161. The first-order valence-electron chi connectivity index (χ1n) is 28.4. The molecule has 3 heterocycles. The third-order valence-corrected chi connectivity index (χ3v) is 16.3. The lowest BCUT2D eigenvalue weighted by Crippen LogP contribution is -2.33. The standard InChI is InChI=1S/C62H62N18O11S2/c1-31-25-33(3)52(73-61(83)67-23-21-65-57-75-55(63)77-59(79-57)70-38-14-8-7-9-15-38)35(5)50(31)69-40-19-20-41-45(28-40)91-46-30-44(48(93(88,89)90)29-43(46)49(41)42-17-10-11-18-47(42)92(85,86)87)72-51-32(2)26-34(4)53(36(51)6)74-62(84)68-24-22-66-58-76-56(64)78-60(80-58)71-39-16-12-13-37(27-39)54(81)82/h7-20,25-30,69H,21-24H2,1-6H3,(H,81,82)(H2,67,73,83)(H2,68,74,84)(H,85,86,87)(H,88,89,90)(H4,63,65,70,75,77,79)(H4,64,66,71,76,78,80)/b72-44-. The number of hydrogen-bond acceptors (Lipinski definition) is 22. The predicted molar refractivity (Wildman–Crippen MR) is 354 cm³/mol. The molecular formula is C62H62N18O11S2. The van der Waals surface area contributed by atoms with Crippen molar-refractivity contribution < 1.29 is 49.8 Å². The normalized spacial score (nSPS) is 11.7. The van der Waals surface area contributed by atoms with Crippen LogP contribution >= 0.6 is 0 Å². The number of para-hydroxylation sites is 1. The molecule has 0 unspecified atom stereocenters. The van der Waals surface area contributed by atoms with Gasteiger partial charge in [0.1, 0.15) is 21.1 Å². The molecule has 2 aromatic heterocycles. The van der Waals surface area contributed by atoms with Crippen LogP contribution in [0.5, 0.6) is 0 Å². The maximum atomic E-state index is 13.5. The Kier molecular flexibility index (Phi) is 18.6. The molecule has 8 aromatic rings. The molecular weight excluding hydrogens is 1240 g/mol. The SMILES string of the molecule is Cc1cc(C)c(NC(=O)NCCNc2nc(N)nc(Nc3cccc(C(=O)O)c3)n2)c(C)c1/N=c1/cc2oc3cc(Nc4c(C)cc(C)c(NC(=O)NCCNc5nc(N)nc(Nc6ccccc6)n5)c4C)ccc3c(-c3ccccc3S(=O)(=O)O)c-2cc1S(=O)(=O)O. The van der Waals surface area contributed by atoms with Gasteiger partial charge in [-0.3, -0.25) is 9.11 Å². The van der Waals surface area contributed by atoms with Gasteiger partial charge in [-0.1, -0.05) is 54.6 Å². The summed E-state index contributed by atoms with van der Waals surface area (Å²) in [4.78, 5) is 67.1. The van der Waals surface area contributed by atoms with Crippen LogP contribution in [-0.4, -0.2) is 105 Å². The number of anilines is 12. The molecule has 2 aliphatic rings. The topological polar surface area (TPSA) is 443 Å². The number of hydrogen-bond donors (Lipinski definition) is 14. The molecule has 1 aliphatic carbocycles. The smallest absolute Gasteiger partial charge is 0.335 e. The number of carboxylic acid groups (broad SMARTS) is 1. The van der Waals surface area contributed by atoms with Gasteiger partial charge in [-0.2, -0.15) is 46.7 Å². The van der Waals surface area contributed by atoms with Crippen LogP contribution in [0.15, 0.2) is 141 Å². The second kappa shape index (κ2) is 26.9. The predicted octanol–water partition coefficient (Wildman–Crippen LogP) is 9.71. The highest BCUT2D eigenvalue weighted by atomic mass is 32.2. The molecule has 29 nitrogen and oxygen atoms in total. The fourth-order valence-corrected chi connectivity index (χ4v) is 11.8. The highest BCUT2D eigenvalue weighted by Crippen LogP contribution is 2.45. The van der Waals surface area contributed by atoms with Crippen molar-refractivity contribution in [3.05, 3.63) is 166 Å². The Morgan fingerprint density at radius 2 is 1.05 bits per heavy atom. The Morgan fingerprint density at radius 1 is 0.516 bits per heavy atom. The van der Waals surface area contributed by atoms with E-state index in [2.05, 4.69) is 77.8 Å². The van der Waals surface area contributed by atoms with Gasteiger partial charge in [0.25, 0.3) is 20.2 Å². The Morgan fingerprint density at radius 3 is 1.67 bits per heavy atom. The van der Waals surface area contributed by atoms with Crippen LogP contribution in [0.3, 0.4) is 0 Å². The van der Waals surface area contributed by atoms with Gasteiger partial charge in [0.15, 0.2) is 0 Å². The Hall–Kier alpha value is -11.5. The molecule has 0 bridgehead atoms. The molecule has 16 N–H and O–H groups in total. The second-order valence-corrected chi connectivity index (χ2v) is 24.0. The van der Waals surface area contributed by atoms with E-state index in [-0.39, 0.29) is 112 Å². The molecule has 0 atom stereocenters. The van der Waals surface area contributed by atoms with Crippen molar-refractivity contribution in [1.82, 2.24) is 40.5 Å². The molecule has 1 aliphatic heterocycles. The van der Waals surface area contributed by atoms with E-state index in [0.29, 0.717) is 50.7 Å². The summed E-state index contributed by atoms with van der Waals surface area (Å²) in [5, 5.41) is 36.2. The van der Waals surface area contributed by atoms with Crippen LogP contribution in [0.4, 0.5) is 85.1 Å². The number of carboxylic acids is 1. The van der Waals surface area contributed by atoms with Crippen molar-refractivity contribution in [3.8, 4) is 22.5 Å². The van der Waals surface area contributed by atoms with E-state index in [1.165, 1.54) is 42.5 Å². The summed E-state index contributed by atoms with van der Waals surface area (Å²) in [5.41, 5.74) is 19.3. The molecule has 6 aromatic carbocycles. The van der Waals surface area contributed by atoms with Crippen LogP contribution in [-0.2, 0) is 20.2 Å². The number of fused-ring (bicyclic) bond motifs is 2. The van der Waals surface area contributed by atoms with Gasteiger partial charge in [-0.05, 0) is 130 Å². The molecule has 478 valence electrons. The minimum absolute atomic E-state index is 0.00448. The number of aromatic nitrogens is 6. The number of benzene rings is 7. The summed E-state index contributed by atoms with van der Waals surface area (Å²) < 4.78 is 81.4. The number of nitrogens with zero attached hydrogens (tertiary/aromatic N) is 7. The number of carbonyl (C=O) groups is 3. The lowest BCUT2D eigenvalue weighted by atomic mass is 9.93. The molecule has 4 amide bonds. The van der Waals surface area contributed by atoms with Crippen LogP contribution in [0.2, 0.25) is 0 Å². The number of carbonyl (C=O) groups excluding carboxylic acids is 2. The summed E-state index contributed by atoms with van der Waals surface area (Å²) in [5.74, 6) is -0.736. The molecule has 31 heteroatoms. The van der Waals surface area contributed by atoms with E-state index >= 15 is 0 Å². The third kappa shape index (κ3) is 15.2. The monoisotopic (exact) mass is 1300 g/mol. The van der Waals surface area contributed by atoms with E-state index in [1.54, 1.807) is 57.2 Å². The average molecular weight is 1300 g/mol. The van der Waals surface area contributed by atoms with Crippen LogP contribution in [0.25, 0.3) is 33.4 Å². The Bertz CT molecular complexity index is 4880. The fourth-order valence-electron chi connectivity index (χ4n) is 10.4. The molecule has 0 radical (unpaired) electrons. The number of amides is 4. The summed E-state index contributed by atoms with van der Waals surface area (Å²) in [6, 6.07) is 30.7. The maximum absolute atomic E-state index is 13.5. The number of urea groups is 2. The zero-order valence-electron chi connectivity index (χ0n) is 50.6. The second-order valence-electron chi connectivity index (χ2n) is 21.2. The zero-order chi connectivity index (χ0) is 66.5. The highest BCUT2D eigenvalue weighted by molar-refractivity contribution is 7.86. The number of nitrogens with one attached hydrogen (secondary N) is 9. The van der Waals surface area contributed by atoms with Crippen LogP contribution < -0.4 is 64.7 Å². The Balaban J connectivity index is 0.918. The number of aromatic carboxylic acids is 1. The van der Waals surface area contributed by atoms with Gasteiger partial charge in [0, 0.05) is 83.1 Å². The van der Waals surface area contributed by atoms with Crippen molar-refractivity contribution in [2.75, 3.05) is 74.9 Å². The first kappa shape index (κ1) is 64.4. The van der Waals surface area contributed by atoms with Crippen LogP contribution in [0, 0.1) is 41.5 Å². The first-order valence-corrected chi connectivity index (χ1v) is 31.3. The van der Waals surface area contributed by atoms with Crippen LogP contribution in [0.1, 0.15) is 43.7 Å². The lowest BCUT2D eigenvalue weighted by molar-refractivity contribution is 0.0696. The first-order chi connectivity index (χ1) is 44.3. The number of nitrogen functional groups attached to an aromatic ring is 2. The quantitative estimate of drug-likeness (QED) is 0.0181. The van der Waals surface area contributed by atoms with Crippen molar-refractivity contribution >= 4 is 125 Å². The van der Waals surface area contributed by atoms with Crippen molar-refractivity contribution in [2.45, 2.75) is 51.3 Å². The largest absolute Gasteiger partial charge is 0.478 e. The third-order valence-electron chi connectivity index (χ3n) is 14.5. The van der Waals surface area contributed by atoms with Gasteiger partial charge >= 0.3 is 18.0 Å². The number of aryl methyl sites for hydroxylation is 4. The van der Waals surface area contributed by atoms with Gasteiger partial charge in [0.05, 0.1) is 28.0 Å². The summed E-state index contributed by atoms with van der Waals surface area (Å²) in [6.07, 6.45) is 0. The summed E-state index contributed by atoms with van der Waals surface area (Å²) in [6.45, 7) is 11.3. The summed E-state index contributed by atoms with van der Waals surface area (Å²) in [7, 11) is -10.0. The van der Waals surface area contributed by atoms with Crippen molar-refractivity contribution in [3.63, 3.8) is 0 Å².